The summed E-state index contributed by atoms with van der Waals surface area (Å²) in [6, 6.07) is 2.23. The van der Waals surface area contributed by atoms with E-state index in [1.165, 1.54) is 4.90 Å². The van der Waals surface area contributed by atoms with Crippen LogP contribution in [0.1, 0.15) is 6.92 Å². The number of hydrogen-bond acceptors (Lipinski definition) is 3. The Labute approximate surface area is 115 Å². The molecular weight excluding hydrogens is 270 g/mol. The molecule has 1 heterocycles. The van der Waals surface area contributed by atoms with Gasteiger partial charge in [-0.3, -0.25) is 0 Å². The molecule has 0 spiro atoms. The number of hydrogen-bond donors (Lipinski definition) is 2. The number of nitrogens with one attached hydrogen (secondary N) is 1. The summed E-state index contributed by atoms with van der Waals surface area (Å²) in [6.07, 6.45) is -0.449. The Hall–Kier alpha value is -1.73. The van der Waals surface area contributed by atoms with Gasteiger partial charge in [-0.1, -0.05) is 0 Å². The molecule has 1 aliphatic heterocycles. The molecule has 7 heteroatoms. The van der Waals surface area contributed by atoms with E-state index in [0.29, 0.717) is 12.7 Å². The number of nitrogens with zero attached hydrogens (tertiary/aromatic N) is 1. The number of morpholine rings is 1. The first-order chi connectivity index (χ1) is 9.51. The van der Waals surface area contributed by atoms with Crippen molar-refractivity contribution in [2.75, 3.05) is 25.1 Å². The molecule has 2 N–H and O–H groups in total. The third-order valence-corrected chi connectivity index (χ3v) is 3.14. The van der Waals surface area contributed by atoms with Gasteiger partial charge >= 0.3 is 6.03 Å². The summed E-state index contributed by atoms with van der Waals surface area (Å²) >= 11 is 0. The van der Waals surface area contributed by atoms with Gasteiger partial charge in [0.25, 0.3) is 0 Å². The van der Waals surface area contributed by atoms with E-state index in [0.717, 1.165) is 12.1 Å². The van der Waals surface area contributed by atoms with Crippen molar-refractivity contribution in [1.82, 2.24) is 4.90 Å². The summed E-state index contributed by atoms with van der Waals surface area (Å²) in [5.74, 6) is -1.54. The minimum Gasteiger partial charge on any atom is -0.394 e. The van der Waals surface area contributed by atoms with E-state index in [-0.39, 0.29) is 24.9 Å². The number of aliphatic hydroxyl groups is 1. The average molecular weight is 286 g/mol. The topological polar surface area (TPSA) is 61.8 Å². The molecule has 2 atom stereocenters. The van der Waals surface area contributed by atoms with Gasteiger partial charge in [0.1, 0.15) is 11.6 Å². The summed E-state index contributed by atoms with van der Waals surface area (Å²) in [4.78, 5) is 13.5. The molecule has 5 nitrogen and oxygen atoms in total. The van der Waals surface area contributed by atoms with E-state index in [2.05, 4.69) is 5.32 Å². The maximum Gasteiger partial charge on any atom is 0.322 e. The Balaban J connectivity index is 2.06. The van der Waals surface area contributed by atoms with Gasteiger partial charge in [-0.25, -0.2) is 13.6 Å². The normalized spacial score (nSPS) is 22.7. The molecule has 20 heavy (non-hydrogen) atoms. The maximum absolute atomic E-state index is 13.5. The quantitative estimate of drug-likeness (QED) is 0.867. The van der Waals surface area contributed by atoms with E-state index in [1.54, 1.807) is 6.92 Å². The van der Waals surface area contributed by atoms with Crippen LogP contribution in [-0.2, 0) is 4.74 Å². The predicted molar refractivity (Wildman–Crippen MR) is 68.4 cm³/mol. The molecule has 1 aromatic rings. The fraction of sp³-hybridized carbons (Fsp3) is 0.462. The second kappa shape index (κ2) is 6.15. The standard InChI is InChI=1S/C13H16F2N2O3/c1-8-7-20-10(6-18)5-17(8)13(19)16-12-3-2-9(14)4-11(12)15/h2-4,8,10,18H,5-7H2,1H3,(H,16,19)/t8-,10+/m0/s1. The zero-order chi connectivity index (χ0) is 14.7. The van der Waals surface area contributed by atoms with Crippen molar-refractivity contribution in [2.24, 2.45) is 0 Å². The fourth-order valence-electron chi connectivity index (χ4n) is 1.99. The molecule has 0 unspecified atom stereocenters. The number of aliphatic hydroxyl groups excluding tert-OH is 1. The predicted octanol–water partition coefficient (Wildman–Crippen LogP) is 1.58. The van der Waals surface area contributed by atoms with Crippen LogP contribution in [0.15, 0.2) is 18.2 Å². The minimum atomic E-state index is -0.835. The summed E-state index contributed by atoms with van der Waals surface area (Å²) in [5, 5.41) is 11.4. The molecule has 0 radical (unpaired) electrons. The van der Waals surface area contributed by atoms with Gasteiger partial charge in [-0.2, -0.15) is 0 Å². The molecule has 110 valence electrons. The highest BCUT2D eigenvalue weighted by molar-refractivity contribution is 5.89. The SMILES string of the molecule is C[C@H]1CO[C@@H](CO)CN1C(=O)Nc1ccc(F)cc1F. The van der Waals surface area contributed by atoms with Gasteiger partial charge in [-0.05, 0) is 19.1 Å². The first-order valence-electron chi connectivity index (χ1n) is 6.26. The summed E-state index contributed by atoms with van der Waals surface area (Å²) in [7, 11) is 0. The molecule has 1 fully saturated rings. The van der Waals surface area contributed by atoms with Crippen LogP contribution in [0.3, 0.4) is 0 Å². The number of amides is 2. The van der Waals surface area contributed by atoms with Gasteiger partial charge in [0, 0.05) is 6.07 Å². The smallest absolute Gasteiger partial charge is 0.322 e. The number of benzene rings is 1. The molecule has 1 aromatic carbocycles. The van der Waals surface area contributed by atoms with E-state index in [4.69, 9.17) is 9.84 Å². The molecule has 1 aliphatic rings. The Morgan fingerprint density at radius 2 is 2.30 bits per heavy atom. The highest BCUT2D eigenvalue weighted by atomic mass is 19.1. The lowest BCUT2D eigenvalue weighted by molar-refractivity contribution is -0.0612. The molecule has 2 amide bonds. The van der Waals surface area contributed by atoms with Crippen molar-refractivity contribution >= 4 is 11.7 Å². The second-order valence-electron chi connectivity index (χ2n) is 4.69. The Morgan fingerprint density at radius 3 is 2.95 bits per heavy atom. The molecule has 0 bridgehead atoms. The first-order valence-corrected chi connectivity index (χ1v) is 6.26. The lowest BCUT2D eigenvalue weighted by Crippen LogP contribution is -2.53. The van der Waals surface area contributed by atoms with Gasteiger partial charge in [-0.15, -0.1) is 0 Å². The Kier molecular flexibility index (Phi) is 4.51. The fourth-order valence-corrected chi connectivity index (χ4v) is 1.99. The summed E-state index contributed by atoms with van der Waals surface area (Å²) < 4.78 is 31.6. The molecule has 0 aliphatic carbocycles. The first kappa shape index (κ1) is 14.7. The van der Waals surface area contributed by atoms with E-state index < -0.39 is 23.8 Å². The number of anilines is 1. The number of urea groups is 1. The summed E-state index contributed by atoms with van der Waals surface area (Å²) in [5.41, 5.74) is -0.0874. The van der Waals surface area contributed by atoms with E-state index in [1.807, 2.05) is 0 Å². The molecular formula is C13H16F2N2O3. The van der Waals surface area contributed by atoms with Gasteiger partial charge < -0.3 is 20.1 Å². The largest absolute Gasteiger partial charge is 0.394 e. The Morgan fingerprint density at radius 1 is 1.55 bits per heavy atom. The third kappa shape index (κ3) is 3.23. The second-order valence-corrected chi connectivity index (χ2v) is 4.69. The zero-order valence-electron chi connectivity index (χ0n) is 11.0. The van der Waals surface area contributed by atoms with Crippen LogP contribution in [0, 0.1) is 11.6 Å². The number of ether oxygens (including phenoxy) is 1. The van der Waals surface area contributed by atoms with Crippen molar-refractivity contribution in [1.29, 1.82) is 0 Å². The lowest BCUT2D eigenvalue weighted by Gasteiger charge is -2.37. The lowest BCUT2D eigenvalue weighted by atomic mass is 10.2. The van der Waals surface area contributed by atoms with Crippen molar-refractivity contribution < 1.29 is 23.4 Å². The van der Waals surface area contributed by atoms with Crippen LogP contribution in [-0.4, -0.2) is 47.9 Å². The van der Waals surface area contributed by atoms with Crippen LogP contribution in [0.2, 0.25) is 0 Å². The zero-order valence-corrected chi connectivity index (χ0v) is 11.0. The van der Waals surface area contributed by atoms with E-state index in [9.17, 15) is 13.6 Å². The van der Waals surface area contributed by atoms with Crippen molar-refractivity contribution in [3.63, 3.8) is 0 Å². The maximum atomic E-state index is 13.5. The summed E-state index contributed by atoms with van der Waals surface area (Å²) in [6.45, 7) is 2.10. The number of halogens is 2. The van der Waals surface area contributed by atoms with Crippen molar-refractivity contribution in [3.05, 3.63) is 29.8 Å². The number of carbonyl (C=O) groups is 1. The van der Waals surface area contributed by atoms with Gasteiger partial charge in [0.15, 0.2) is 0 Å². The number of rotatable bonds is 2. The molecule has 0 aromatic heterocycles. The van der Waals surface area contributed by atoms with Gasteiger partial charge in [0.05, 0.1) is 37.6 Å². The highest BCUT2D eigenvalue weighted by Crippen LogP contribution is 2.18. The molecule has 2 rings (SSSR count). The van der Waals surface area contributed by atoms with E-state index >= 15 is 0 Å². The monoisotopic (exact) mass is 286 g/mol. The van der Waals surface area contributed by atoms with Crippen LogP contribution >= 0.6 is 0 Å². The number of carbonyl (C=O) groups excluding carboxylic acids is 1. The van der Waals surface area contributed by atoms with Crippen molar-refractivity contribution in [3.8, 4) is 0 Å². The average Bonchev–Trinajstić information content (AvgIpc) is 2.42. The van der Waals surface area contributed by atoms with Gasteiger partial charge in [0.2, 0.25) is 0 Å². The minimum absolute atomic E-state index is 0.0874. The van der Waals surface area contributed by atoms with Crippen LogP contribution < -0.4 is 5.32 Å². The molecule has 0 saturated carbocycles. The van der Waals surface area contributed by atoms with Crippen LogP contribution in [0.25, 0.3) is 0 Å². The molecule has 1 saturated heterocycles. The van der Waals surface area contributed by atoms with Crippen LogP contribution in [0.5, 0.6) is 0 Å². The van der Waals surface area contributed by atoms with Crippen LogP contribution in [0.4, 0.5) is 19.3 Å². The Bertz CT molecular complexity index is 499. The third-order valence-electron chi connectivity index (χ3n) is 3.14. The highest BCUT2D eigenvalue weighted by Gasteiger charge is 2.29. The van der Waals surface area contributed by atoms with Crippen molar-refractivity contribution in [2.45, 2.75) is 19.1 Å².